The summed E-state index contributed by atoms with van der Waals surface area (Å²) >= 11 is 8.76. The number of hydrogen-bond donors (Lipinski definition) is 2. The first-order valence-electron chi connectivity index (χ1n) is 5.43. The lowest BCUT2D eigenvalue weighted by Gasteiger charge is -2.08. The van der Waals surface area contributed by atoms with Crippen LogP contribution in [0.2, 0.25) is 5.15 Å². The highest BCUT2D eigenvalue weighted by atomic mass is 79.9. The molecule has 2 aromatic rings. The van der Waals surface area contributed by atoms with Crippen molar-refractivity contribution in [1.82, 2.24) is 20.2 Å². The standard InChI is InChI=1S/C11H8BrClN4O3S/c12-9-4-8(6-15-10(9)13)21(19,20)17-16-11(18)7-2-1-3-14-5-7/h1-6,17H,(H,16,18). The molecule has 21 heavy (non-hydrogen) atoms. The maximum atomic E-state index is 12.0. The molecular weight excluding hydrogens is 384 g/mol. The van der Waals surface area contributed by atoms with Gasteiger partial charge in [-0.2, -0.15) is 0 Å². The van der Waals surface area contributed by atoms with Gasteiger partial charge in [0.25, 0.3) is 15.9 Å². The summed E-state index contributed by atoms with van der Waals surface area (Å²) in [6.07, 6.45) is 3.88. The molecule has 0 aliphatic rings. The summed E-state index contributed by atoms with van der Waals surface area (Å²) in [6.45, 7) is 0. The number of carbonyl (C=O) groups excluding carboxylic acids is 1. The largest absolute Gasteiger partial charge is 0.273 e. The number of sulfonamides is 1. The lowest BCUT2D eigenvalue weighted by molar-refractivity contribution is 0.0944. The molecule has 0 radical (unpaired) electrons. The van der Waals surface area contributed by atoms with E-state index in [1.807, 2.05) is 4.83 Å². The van der Waals surface area contributed by atoms with Gasteiger partial charge in [0, 0.05) is 18.6 Å². The molecule has 0 saturated heterocycles. The van der Waals surface area contributed by atoms with Gasteiger partial charge in [-0.05, 0) is 34.1 Å². The number of amides is 1. The average molecular weight is 392 g/mol. The van der Waals surface area contributed by atoms with Crippen molar-refractivity contribution in [3.05, 3.63) is 52.0 Å². The number of hydrogen-bond acceptors (Lipinski definition) is 5. The summed E-state index contributed by atoms with van der Waals surface area (Å²) in [5, 5.41) is 0.133. The van der Waals surface area contributed by atoms with Crippen LogP contribution in [0, 0.1) is 0 Å². The smallest absolute Gasteiger partial charge is 0.267 e. The van der Waals surface area contributed by atoms with Crippen LogP contribution in [0.15, 0.2) is 46.2 Å². The van der Waals surface area contributed by atoms with Crippen molar-refractivity contribution >= 4 is 43.5 Å². The van der Waals surface area contributed by atoms with Crippen molar-refractivity contribution in [3.8, 4) is 0 Å². The highest BCUT2D eigenvalue weighted by molar-refractivity contribution is 9.10. The Hall–Kier alpha value is -1.55. The van der Waals surface area contributed by atoms with Crippen molar-refractivity contribution in [2.45, 2.75) is 4.90 Å². The molecule has 0 unspecified atom stereocenters. The molecule has 0 bridgehead atoms. The zero-order valence-corrected chi connectivity index (χ0v) is 13.4. The Morgan fingerprint density at radius 2 is 2.10 bits per heavy atom. The van der Waals surface area contributed by atoms with Crippen molar-refractivity contribution in [2.75, 3.05) is 0 Å². The summed E-state index contributed by atoms with van der Waals surface area (Å²) in [4.78, 5) is 21.0. The fourth-order valence-electron chi connectivity index (χ4n) is 1.29. The predicted octanol–water partition coefficient (Wildman–Crippen LogP) is 1.52. The number of nitrogens with zero attached hydrogens (tertiary/aromatic N) is 2. The molecule has 2 heterocycles. The van der Waals surface area contributed by atoms with Gasteiger partial charge in [-0.25, -0.2) is 13.4 Å². The van der Waals surface area contributed by atoms with Crippen LogP contribution in [0.1, 0.15) is 10.4 Å². The molecule has 0 spiro atoms. The van der Waals surface area contributed by atoms with E-state index in [-0.39, 0.29) is 15.6 Å². The minimum Gasteiger partial charge on any atom is -0.273 e. The van der Waals surface area contributed by atoms with Gasteiger partial charge in [0.1, 0.15) is 10.0 Å². The second kappa shape index (κ2) is 6.48. The van der Waals surface area contributed by atoms with Gasteiger partial charge in [-0.3, -0.25) is 15.2 Å². The van der Waals surface area contributed by atoms with E-state index in [0.717, 1.165) is 6.20 Å². The maximum absolute atomic E-state index is 12.0. The van der Waals surface area contributed by atoms with Crippen LogP contribution in [0.3, 0.4) is 0 Å². The number of carbonyl (C=O) groups is 1. The summed E-state index contributed by atoms with van der Waals surface area (Å²) in [6, 6.07) is 4.33. The van der Waals surface area contributed by atoms with E-state index >= 15 is 0 Å². The molecule has 110 valence electrons. The van der Waals surface area contributed by atoms with Crippen LogP contribution in [0.25, 0.3) is 0 Å². The minimum atomic E-state index is -3.96. The second-order valence-corrected chi connectivity index (χ2v) is 6.64. The first-order valence-corrected chi connectivity index (χ1v) is 8.09. The third-order valence-electron chi connectivity index (χ3n) is 2.30. The van der Waals surface area contributed by atoms with Crippen LogP contribution in [0.4, 0.5) is 0 Å². The number of halogens is 2. The molecule has 0 aliphatic carbocycles. The summed E-state index contributed by atoms with van der Waals surface area (Å²) in [7, 11) is -3.96. The third-order valence-corrected chi connectivity index (χ3v) is 4.65. The zero-order valence-electron chi connectivity index (χ0n) is 10.2. The van der Waals surface area contributed by atoms with Gasteiger partial charge in [-0.15, -0.1) is 4.83 Å². The van der Waals surface area contributed by atoms with Gasteiger partial charge >= 0.3 is 0 Å². The average Bonchev–Trinajstić information content (AvgIpc) is 2.48. The molecule has 0 aromatic carbocycles. The zero-order chi connectivity index (χ0) is 15.5. The predicted molar refractivity (Wildman–Crippen MR) is 79.0 cm³/mol. The van der Waals surface area contributed by atoms with Gasteiger partial charge in [-0.1, -0.05) is 11.6 Å². The fraction of sp³-hybridized carbons (Fsp3) is 0. The molecule has 1 amide bonds. The Bertz CT molecular complexity index is 770. The Morgan fingerprint density at radius 3 is 2.71 bits per heavy atom. The van der Waals surface area contributed by atoms with E-state index in [2.05, 4.69) is 31.3 Å². The van der Waals surface area contributed by atoms with E-state index in [1.54, 1.807) is 6.07 Å². The number of pyridine rings is 2. The van der Waals surface area contributed by atoms with Crippen molar-refractivity contribution in [1.29, 1.82) is 0 Å². The van der Waals surface area contributed by atoms with Crippen LogP contribution in [-0.4, -0.2) is 24.3 Å². The normalized spacial score (nSPS) is 11.1. The molecular formula is C11H8BrClN4O3S. The van der Waals surface area contributed by atoms with Crippen LogP contribution < -0.4 is 10.3 Å². The van der Waals surface area contributed by atoms with Gasteiger partial charge in [0.15, 0.2) is 0 Å². The highest BCUT2D eigenvalue weighted by Gasteiger charge is 2.17. The van der Waals surface area contributed by atoms with Crippen molar-refractivity contribution in [3.63, 3.8) is 0 Å². The number of nitrogens with one attached hydrogen (secondary N) is 2. The monoisotopic (exact) mass is 390 g/mol. The van der Waals surface area contributed by atoms with Gasteiger partial charge < -0.3 is 0 Å². The van der Waals surface area contributed by atoms with E-state index in [9.17, 15) is 13.2 Å². The molecule has 10 heteroatoms. The van der Waals surface area contributed by atoms with Crippen LogP contribution >= 0.6 is 27.5 Å². The molecule has 2 N–H and O–H groups in total. The van der Waals surface area contributed by atoms with Crippen molar-refractivity contribution in [2.24, 2.45) is 0 Å². The summed E-state index contributed by atoms with van der Waals surface area (Å²) < 4.78 is 24.3. The van der Waals surface area contributed by atoms with E-state index < -0.39 is 15.9 Å². The quantitative estimate of drug-likeness (QED) is 0.608. The molecule has 0 aliphatic heterocycles. The Morgan fingerprint density at radius 1 is 1.33 bits per heavy atom. The lowest BCUT2D eigenvalue weighted by Crippen LogP contribution is -2.41. The maximum Gasteiger partial charge on any atom is 0.267 e. The Kier molecular flexibility index (Phi) is 4.88. The second-order valence-electron chi connectivity index (χ2n) is 3.74. The molecule has 7 nitrogen and oxygen atoms in total. The molecule has 2 aromatic heterocycles. The highest BCUT2D eigenvalue weighted by Crippen LogP contribution is 2.22. The SMILES string of the molecule is O=C(NNS(=O)(=O)c1cnc(Cl)c(Br)c1)c1cccnc1. The molecule has 0 fully saturated rings. The fourth-order valence-corrected chi connectivity index (χ4v) is 2.71. The van der Waals surface area contributed by atoms with Gasteiger partial charge in [0.2, 0.25) is 0 Å². The third kappa shape index (κ3) is 3.97. The number of hydrazine groups is 1. The summed E-state index contributed by atoms with van der Waals surface area (Å²) in [5.41, 5.74) is 2.30. The Balaban J connectivity index is 2.11. The first kappa shape index (κ1) is 15.8. The minimum absolute atomic E-state index is 0.133. The van der Waals surface area contributed by atoms with Crippen molar-refractivity contribution < 1.29 is 13.2 Å². The lowest BCUT2D eigenvalue weighted by atomic mass is 10.3. The Labute approximate surface area is 133 Å². The molecule has 2 rings (SSSR count). The van der Waals surface area contributed by atoms with Crippen LogP contribution in [0.5, 0.6) is 0 Å². The van der Waals surface area contributed by atoms with E-state index in [4.69, 9.17) is 11.6 Å². The van der Waals surface area contributed by atoms with Gasteiger partial charge in [0.05, 0.1) is 10.0 Å². The first-order chi connectivity index (χ1) is 9.90. The van der Waals surface area contributed by atoms with Crippen LogP contribution in [-0.2, 0) is 10.0 Å². The topological polar surface area (TPSA) is 101 Å². The molecule has 0 atom stereocenters. The van der Waals surface area contributed by atoms with E-state index in [0.29, 0.717) is 4.47 Å². The van der Waals surface area contributed by atoms with E-state index in [1.165, 1.54) is 24.5 Å². The number of rotatable bonds is 4. The summed E-state index contributed by atoms with van der Waals surface area (Å²) in [5.74, 6) is -0.632. The number of aromatic nitrogens is 2. The molecule has 0 saturated carbocycles.